The van der Waals surface area contributed by atoms with E-state index in [0.29, 0.717) is 6.61 Å². The van der Waals surface area contributed by atoms with Crippen molar-refractivity contribution in [1.29, 1.82) is 0 Å². The average Bonchev–Trinajstić information content (AvgIpc) is 2.17. The molecule has 0 spiro atoms. The molecule has 0 saturated heterocycles. The average molecular weight is 181 g/mol. The highest BCUT2D eigenvalue weighted by Crippen LogP contribution is 2.12. The molecule has 1 aromatic carbocycles. The van der Waals surface area contributed by atoms with Crippen LogP contribution >= 0.6 is 0 Å². The molecule has 72 valence electrons. The molecule has 3 nitrogen and oxygen atoms in total. The van der Waals surface area contributed by atoms with Crippen LogP contribution in [-0.2, 0) is 11.4 Å². The van der Waals surface area contributed by atoms with E-state index >= 15 is 0 Å². The van der Waals surface area contributed by atoms with Crippen LogP contribution in [0.4, 0.5) is 0 Å². The van der Waals surface area contributed by atoms with Crippen molar-refractivity contribution in [1.82, 2.24) is 0 Å². The summed E-state index contributed by atoms with van der Waals surface area (Å²) in [6.45, 7) is 3.28. The van der Waals surface area contributed by atoms with E-state index in [1.165, 1.54) is 0 Å². The highest BCUT2D eigenvalue weighted by atomic mass is 16.6. The largest absolute Gasteiger partial charge is 0.494 e. The van der Waals surface area contributed by atoms with Crippen molar-refractivity contribution in [2.24, 2.45) is 5.90 Å². The van der Waals surface area contributed by atoms with Crippen LogP contribution in [0, 0.1) is 0 Å². The number of hydrogen-bond acceptors (Lipinski definition) is 3. The normalized spacial score (nSPS) is 10.0. The van der Waals surface area contributed by atoms with Gasteiger partial charge in [-0.1, -0.05) is 19.1 Å². The van der Waals surface area contributed by atoms with Crippen molar-refractivity contribution < 1.29 is 9.57 Å². The number of hydrogen-bond donors (Lipinski definition) is 1. The lowest BCUT2D eigenvalue weighted by atomic mass is 10.2. The van der Waals surface area contributed by atoms with Gasteiger partial charge in [-0.25, -0.2) is 5.90 Å². The van der Waals surface area contributed by atoms with E-state index in [1.807, 2.05) is 24.3 Å². The van der Waals surface area contributed by atoms with Gasteiger partial charge < -0.3 is 4.74 Å². The Bertz CT molecular complexity index is 233. The molecular formula is C10H15NO2. The quantitative estimate of drug-likeness (QED) is 0.705. The summed E-state index contributed by atoms with van der Waals surface area (Å²) >= 11 is 0. The van der Waals surface area contributed by atoms with Gasteiger partial charge in [0.05, 0.1) is 13.2 Å². The predicted molar refractivity (Wildman–Crippen MR) is 51.2 cm³/mol. The van der Waals surface area contributed by atoms with Crippen LogP contribution in [0.15, 0.2) is 24.3 Å². The first-order valence-electron chi connectivity index (χ1n) is 4.40. The zero-order chi connectivity index (χ0) is 9.52. The molecule has 1 rings (SSSR count). The summed E-state index contributed by atoms with van der Waals surface area (Å²) in [5.74, 6) is 5.84. The Morgan fingerprint density at radius 1 is 1.23 bits per heavy atom. The Morgan fingerprint density at radius 2 is 1.92 bits per heavy atom. The third-order valence-corrected chi connectivity index (χ3v) is 1.65. The van der Waals surface area contributed by atoms with Crippen LogP contribution in [0.5, 0.6) is 5.75 Å². The molecule has 0 aliphatic rings. The molecule has 0 unspecified atom stereocenters. The van der Waals surface area contributed by atoms with E-state index in [0.717, 1.165) is 24.3 Å². The van der Waals surface area contributed by atoms with Crippen molar-refractivity contribution >= 4 is 0 Å². The molecule has 0 aliphatic carbocycles. The summed E-state index contributed by atoms with van der Waals surface area (Å²) in [6, 6.07) is 7.73. The second-order valence-corrected chi connectivity index (χ2v) is 2.80. The maximum Gasteiger partial charge on any atom is 0.119 e. The van der Waals surface area contributed by atoms with Crippen LogP contribution in [0.1, 0.15) is 18.9 Å². The Kier molecular flexibility index (Phi) is 4.29. The minimum absolute atomic E-state index is 0.439. The topological polar surface area (TPSA) is 44.5 Å². The van der Waals surface area contributed by atoms with E-state index in [1.54, 1.807) is 0 Å². The number of rotatable bonds is 5. The summed E-state index contributed by atoms with van der Waals surface area (Å²) in [5, 5.41) is 0. The summed E-state index contributed by atoms with van der Waals surface area (Å²) in [5.41, 5.74) is 1.05. The van der Waals surface area contributed by atoms with E-state index in [-0.39, 0.29) is 0 Å². The van der Waals surface area contributed by atoms with Gasteiger partial charge in [0, 0.05) is 0 Å². The summed E-state index contributed by atoms with van der Waals surface area (Å²) in [4.78, 5) is 4.51. The maximum atomic E-state index is 5.42. The standard InChI is InChI=1S/C10H15NO2/c1-2-7-12-10-5-3-9(4-6-10)8-13-11/h3-6H,2,7-8,11H2,1H3. The van der Waals surface area contributed by atoms with Gasteiger partial charge in [-0.15, -0.1) is 0 Å². The van der Waals surface area contributed by atoms with Crippen molar-refractivity contribution in [3.63, 3.8) is 0 Å². The van der Waals surface area contributed by atoms with Gasteiger partial charge in [-0.3, -0.25) is 4.84 Å². The predicted octanol–water partition coefficient (Wildman–Crippen LogP) is 1.87. The molecule has 0 aliphatic heterocycles. The van der Waals surface area contributed by atoms with Gasteiger partial charge in [-0.05, 0) is 24.1 Å². The lowest BCUT2D eigenvalue weighted by Gasteiger charge is -2.04. The minimum atomic E-state index is 0.439. The Hall–Kier alpha value is -1.06. The fourth-order valence-corrected chi connectivity index (χ4v) is 0.998. The molecule has 13 heavy (non-hydrogen) atoms. The van der Waals surface area contributed by atoms with Crippen molar-refractivity contribution in [2.45, 2.75) is 20.0 Å². The van der Waals surface area contributed by atoms with Gasteiger partial charge in [0.2, 0.25) is 0 Å². The van der Waals surface area contributed by atoms with Gasteiger partial charge in [0.1, 0.15) is 5.75 Å². The third kappa shape index (κ3) is 3.44. The minimum Gasteiger partial charge on any atom is -0.494 e. The van der Waals surface area contributed by atoms with Crippen LogP contribution in [-0.4, -0.2) is 6.61 Å². The molecule has 0 aromatic heterocycles. The summed E-state index contributed by atoms with van der Waals surface area (Å²) in [6.07, 6.45) is 1.02. The lowest BCUT2D eigenvalue weighted by molar-refractivity contribution is 0.124. The molecule has 0 bridgehead atoms. The molecule has 2 N–H and O–H groups in total. The molecule has 0 saturated carbocycles. The Balaban J connectivity index is 2.48. The van der Waals surface area contributed by atoms with Crippen molar-refractivity contribution in [3.05, 3.63) is 29.8 Å². The van der Waals surface area contributed by atoms with Crippen molar-refractivity contribution in [2.75, 3.05) is 6.61 Å². The Labute approximate surface area is 78.4 Å². The summed E-state index contributed by atoms with van der Waals surface area (Å²) in [7, 11) is 0. The maximum absolute atomic E-state index is 5.42. The van der Waals surface area contributed by atoms with Crippen LogP contribution in [0.3, 0.4) is 0 Å². The first-order chi connectivity index (χ1) is 6.36. The number of ether oxygens (including phenoxy) is 1. The van der Waals surface area contributed by atoms with Crippen LogP contribution < -0.4 is 10.6 Å². The third-order valence-electron chi connectivity index (χ3n) is 1.65. The highest BCUT2D eigenvalue weighted by molar-refractivity contribution is 5.26. The van der Waals surface area contributed by atoms with Crippen LogP contribution in [0.25, 0.3) is 0 Å². The van der Waals surface area contributed by atoms with Crippen LogP contribution in [0.2, 0.25) is 0 Å². The number of benzene rings is 1. The zero-order valence-corrected chi connectivity index (χ0v) is 7.82. The van der Waals surface area contributed by atoms with Gasteiger partial charge >= 0.3 is 0 Å². The lowest BCUT2D eigenvalue weighted by Crippen LogP contribution is -1.99. The molecule has 0 amide bonds. The van der Waals surface area contributed by atoms with Gasteiger partial charge in [0.25, 0.3) is 0 Å². The molecule has 3 heteroatoms. The molecule has 1 aromatic rings. The molecule has 0 radical (unpaired) electrons. The van der Waals surface area contributed by atoms with E-state index in [4.69, 9.17) is 10.6 Å². The second kappa shape index (κ2) is 5.56. The van der Waals surface area contributed by atoms with Gasteiger partial charge in [-0.2, -0.15) is 0 Å². The second-order valence-electron chi connectivity index (χ2n) is 2.80. The smallest absolute Gasteiger partial charge is 0.119 e. The molecule has 0 atom stereocenters. The highest BCUT2D eigenvalue weighted by Gasteiger charge is 1.94. The fourth-order valence-electron chi connectivity index (χ4n) is 0.998. The molecular weight excluding hydrogens is 166 g/mol. The molecule has 0 heterocycles. The number of nitrogens with two attached hydrogens (primary N) is 1. The van der Waals surface area contributed by atoms with E-state index in [9.17, 15) is 0 Å². The van der Waals surface area contributed by atoms with Gasteiger partial charge in [0.15, 0.2) is 0 Å². The van der Waals surface area contributed by atoms with E-state index in [2.05, 4.69) is 11.8 Å². The summed E-state index contributed by atoms with van der Waals surface area (Å²) < 4.78 is 5.42. The zero-order valence-electron chi connectivity index (χ0n) is 7.82. The van der Waals surface area contributed by atoms with E-state index < -0.39 is 0 Å². The monoisotopic (exact) mass is 181 g/mol. The Morgan fingerprint density at radius 3 is 2.46 bits per heavy atom. The SMILES string of the molecule is CCCOc1ccc(CON)cc1. The first-order valence-corrected chi connectivity index (χ1v) is 4.40. The van der Waals surface area contributed by atoms with Crippen molar-refractivity contribution in [3.8, 4) is 5.75 Å². The fraction of sp³-hybridized carbons (Fsp3) is 0.400. The first kappa shape index (κ1) is 10.0. The molecule has 0 fully saturated rings.